The van der Waals surface area contributed by atoms with E-state index >= 15 is 0 Å². The monoisotopic (exact) mass is 368 g/mol. The highest BCUT2D eigenvalue weighted by atomic mass is 19.1. The van der Waals surface area contributed by atoms with Crippen LogP contribution in [0.15, 0.2) is 53.6 Å². The first-order chi connectivity index (χ1) is 12.9. The van der Waals surface area contributed by atoms with E-state index in [-0.39, 0.29) is 35.0 Å². The van der Waals surface area contributed by atoms with Gasteiger partial charge in [-0.2, -0.15) is 0 Å². The van der Waals surface area contributed by atoms with E-state index in [1.807, 2.05) is 0 Å². The summed E-state index contributed by atoms with van der Waals surface area (Å²) in [5.41, 5.74) is 0.0745. The quantitative estimate of drug-likeness (QED) is 0.628. The molecule has 0 saturated carbocycles. The van der Waals surface area contributed by atoms with Crippen LogP contribution < -0.4 is 10.9 Å². The molecule has 0 bridgehead atoms. The molecular formula is C18H13FN4O4. The molecule has 0 atom stereocenters. The Morgan fingerprint density at radius 3 is 2.41 bits per heavy atom. The highest BCUT2D eigenvalue weighted by Crippen LogP contribution is 2.11. The third kappa shape index (κ3) is 4.21. The van der Waals surface area contributed by atoms with Crippen molar-refractivity contribution in [2.45, 2.75) is 6.54 Å². The number of aromatic carboxylic acids is 1. The molecule has 2 heterocycles. The van der Waals surface area contributed by atoms with E-state index in [0.29, 0.717) is 5.56 Å². The van der Waals surface area contributed by atoms with Crippen LogP contribution >= 0.6 is 0 Å². The number of nitrogens with one attached hydrogen (secondary N) is 2. The lowest BCUT2D eigenvalue weighted by atomic mass is 10.2. The van der Waals surface area contributed by atoms with Crippen LogP contribution in [0.25, 0.3) is 11.5 Å². The van der Waals surface area contributed by atoms with E-state index in [9.17, 15) is 18.8 Å². The molecule has 0 spiro atoms. The Balaban J connectivity index is 1.73. The van der Waals surface area contributed by atoms with Gasteiger partial charge in [0.25, 0.3) is 11.5 Å². The number of carbonyl (C=O) groups is 2. The number of halogens is 1. The number of hydrogen-bond acceptors (Lipinski definition) is 5. The van der Waals surface area contributed by atoms with Gasteiger partial charge in [-0.15, -0.1) is 0 Å². The lowest BCUT2D eigenvalue weighted by Crippen LogP contribution is -2.29. The van der Waals surface area contributed by atoms with Crippen molar-refractivity contribution in [1.29, 1.82) is 0 Å². The normalized spacial score (nSPS) is 10.4. The van der Waals surface area contributed by atoms with E-state index in [4.69, 9.17) is 5.11 Å². The Labute approximate surface area is 151 Å². The number of amides is 1. The Bertz CT molecular complexity index is 1050. The molecular weight excluding hydrogens is 355 g/mol. The van der Waals surface area contributed by atoms with Gasteiger partial charge in [0.1, 0.15) is 17.1 Å². The Kier molecular flexibility index (Phi) is 5.02. The van der Waals surface area contributed by atoms with Crippen LogP contribution in [0.4, 0.5) is 4.39 Å². The number of pyridine rings is 1. The van der Waals surface area contributed by atoms with Gasteiger partial charge in [0.05, 0.1) is 5.56 Å². The molecule has 3 N–H and O–H groups in total. The summed E-state index contributed by atoms with van der Waals surface area (Å²) in [5, 5.41) is 11.4. The van der Waals surface area contributed by atoms with Crippen LogP contribution in [0.2, 0.25) is 0 Å². The number of carbonyl (C=O) groups excluding carboxylic acids is 1. The third-order valence-electron chi connectivity index (χ3n) is 3.66. The van der Waals surface area contributed by atoms with Gasteiger partial charge in [0, 0.05) is 18.9 Å². The van der Waals surface area contributed by atoms with Crippen molar-refractivity contribution >= 4 is 11.9 Å². The predicted molar refractivity (Wildman–Crippen MR) is 92.6 cm³/mol. The van der Waals surface area contributed by atoms with Crippen LogP contribution in [-0.4, -0.2) is 31.9 Å². The van der Waals surface area contributed by atoms with Crippen LogP contribution in [-0.2, 0) is 6.54 Å². The molecule has 136 valence electrons. The number of benzene rings is 1. The minimum atomic E-state index is -1.12. The number of rotatable bonds is 5. The first-order valence-corrected chi connectivity index (χ1v) is 7.76. The summed E-state index contributed by atoms with van der Waals surface area (Å²) in [5.74, 6) is -2.03. The van der Waals surface area contributed by atoms with Crippen molar-refractivity contribution in [2.75, 3.05) is 0 Å². The van der Waals surface area contributed by atoms with Gasteiger partial charge in [0.15, 0.2) is 5.82 Å². The van der Waals surface area contributed by atoms with Crippen molar-refractivity contribution in [3.8, 4) is 11.5 Å². The van der Waals surface area contributed by atoms with Crippen LogP contribution in [0.3, 0.4) is 0 Å². The maximum Gasteiger partial charge on any atom is 0.337 e. The number of carboxylic acid groups (broad SMARTS) is 1. The number of aromatic nitrogens is 3. The summed E-state index contributed by atoms with van der Waals surface area (Å²) in [6, 6.07) is 8.31. The molecule has 3 aromatic rings. The Morgan fingerprint density at radius 1 is 1.07 bits per heavy atom. The first kappa shape index (κ1) is 17.9. The Morgan fingerprint density at radius 2 is 1.81 bits per heavy atom. The van der Waals surface area contributed by atoms with Crippen molar-refractivity contribution in [3.63, 3.8) is 0 Å². The van der Waals surface area contributed by atoms with E-state index in [1.54, 1.807) is 0 Å². The lowest BCUT2D eigenvalue weighted by molar-refractivity contribution is 0.0696. The summed E-state index contributed by atoms with van der Waals surface area (Å²) in [4.78, 5) is 45.5. The van der Waals surface area contributed by atoms with Crippen LogP contribution in [0.5, 0.6) is 0 Å². The molecule has 0 fully saturated rings. The molecule has 27 heavy (non-hydrogen) atoms. The van der Waals surface area contributed by atoms with Crippen molar-refractivity contribution in [2.24, 2.45) is 0 Å². The van der Waals surface area contributed by atoms with Crippen molar-refractivity contribution < 1.29 is 19.1 Å². The summed E-state index contributed by atoms with van der Waals surface area (Å²) in [6.45, 7) is 0.124. The minimum Gasteiger partial charge on any atom is -0.478 e. The van der Waals surface area contributed by atoms with E-state index in [0.717, 1.165) is 12.4 Å². The lowest BCUT2D eigenvalue weighted by Gasteiger charge is -2.06. The van der Waals surface area contributed by atoms with Gasteiger partial charge in [-0.05, 0) is 29.8 Å². The number of H-pyrrole nitrogens is 1. The minimum absolute atomic E-state index is 0.00196. The van der Waals surface area contributed by atoms with Gasteiger partial charge in [-0.1, -0.05) is 12.1 Å². The predicted octanol–water partition coefficient (Wildman–Crippen LogP) is 1.60. The third-order valence-corrected chi connectivity index (χ3v) is 3.66. The maximum atomic E-state index is 12.9. The molecule has 8 nitrogen and oxygen atoms in total. The highest BCUT2D eigenvalue weighted by Gasteiger charge is 2.13. The molecule has 0 saturated heterocycles. The molecule has 1 amide bonds. The molecule has 0 radical (unpaired) electrons. The number of hydrogen-bond donors (Lipinski definition) is 3. The maximum absolute atomic E-state index is 12.9. The molecule has 0 aliphatic carbocycles. The second kappa shape index (κ2) is 7.56. The van der Waals surface area contributed by atoms with Gasteiger partial charge in [-0.3, -0.25) is 14.6 Å². The largest absolute Gasteiger partial charge is 0.478 e. The zero-order chi connectivity index (χ0) is 19.4. The molecule has 2 aromatic heterocycles. The average molecular weight is 368 g/mol. The fourth-order valence-corrected chi connectivity index (χ4v) is 2.23. The van der Waals surface area contributed by atoms with Crippen LogP contribution in [0, 0.1) is 5.82 Å². The van der Waals surface area contributed by atoms with Gasteiger partial charge in [0.2, 0.25) is 0 Å². The van der Waals surface area contributed by atoms with E-state index in [2.05, 4.69) is 20.3 Å². The van der Waals surface area contributed by atoms with Gasteiger partial charge >= 0.3 is 5.97 Å². The number of carboxylic acids is 1. The molecule has 0 unspecified atom stereocenters. The van der Waals surface area contributed by atoms with Gasteiger partial charge in [-0.25, -0.2) is 14.2 Å². The second-order valence-electron chi connectivity index (χ2n) is 5.52. The fraction of sp³-hybridized carbons (Fsp3) is 0.0556. The zero-order valence-corrected chi connectivity index (χ0v) is 13.8. The van der Waals surface area contributed by atoms with E-state index in [1.165, 1.54) is 36.4 Å². The summed E-state index contributed by atoms with van der Waals surface area (Å²) >= 11 is 0. The topological polar surface area (TPSA) is 125 Å². The summed E-state index contributed by atoms with van der Waals surface area (Å²) in [6.07, 6.45) is 2.25. The molecule has 3 rings (SSSR count). The first-order valence-electron chi connectivity index (χ1n) is 7.76. The smallest absolute Gasteiger partial charge is 0.337 e. The number of aromatic amines is 1. The fourth-order valence-electron chi connectivity index (χ4n) is 2.23. The molecule has 0 aliphatic heterocycles. The Hall–Kier alpha value is -3.88. The molecule has 1 aromatic carbocycles. The summed E-state index contributed by atoms with van der Waals surface area (Å²) < 4.78 is 12.9. The summed E-state index contributed by atoms with van der Waals surface area (Å²) in [7, 11) is 0. The zero-order valence-electron chi connectivity index (χ0n) is 13.8. The highest BCUT2D eigenvalue weighted by molar-refractivity contribution is 5.93. The standard InChI is InChI=1S/C18H13FN4O4/c19-12-4-1-10(2-5-12)7-22-16(24)13-9-21-15(23-17(13)25)14-6-3-11(8-20-14)18(26)27/h1-6,8-9H,7H2,(H,22,24)(H,26,27)(H,21,23,25). The van der Waals surface area contributed by atoms with Crippen molar-refractivity contribution in [1.82, 2.24) is 20.3 Å². The van der Waals surface area contributed by atoms with Gasteiger partial charge < -0.3 is 15.4 Å². The van der Waals surface area contributed by atoms with Crippen LogP contribution in [0.1, 0.15) is 26.3 Å². The van der Waals surface area contributed by atoms with Crippen molar-refractivity contribution in [3.05, 3.63) is 81.7 Å². The average Bonchev–Trinajstić information content (AvgIpc) is 2.67. The van der Waals surface area contributed by atoms with E-state index < -0.39 is 17.4 Å². The number of nitrogens with zero attached hydrogens (tertiary/aromatic N) is 2. The molecule has 0 aliphatic rings. The molecule has 9 heteroatoms. The SMILES string of the molecule is O=C(O)c1ccc(-c2ncc(C(=O)NCc3ccc(F)cc3)c(=O)[nH]2)nc1. The second-order valence-corrected chi connectivity index (χ2v) is 5.52.